The van der Waals surface area contributed by atoms with E-state index in [0.29, 0.717) is 30.4 Å². The van der Waals surface area contributed by atoms with Crippen molar-refractivity contribution in [1.82, 2.24) is 20.2 Å². The first-order valence-corrected chi connectivity index (χ1v) is 9.66. The van der Waals surface area contributed by atoms with E-state index < -0.39 is 12.7 Å². The highest BCUT2D eigenvalue weighted by Gasteiger charge is 2.32. The molecule has 146 valence electrons. The predicted octanol–water partition coefficient (Wildman–Crippen LogP) is 3.60. The van der Waals surface area contributed by atoms with Crippen molar-refractivity contribution in [3.63, 3.8) is 0 Å². The Morgan fingerprint density at radius 3 is 2.63 bits per heavy atom. The van der Waals surface area contributed by atoms with Gasteiger partial charge in [0.25, 0.3) is 5.91 Å². The highest BCUT2D eigenvalue weighted by atomic mass is 32.1. The quantitative estimate of drug-likeness (QED) is 0.808. The molecule has 9 heteroatoms. The van der Waals surface area contributed by atoms with E-state index >= 15 is 0 Å². The van der Waals surface area contributed by atoms with E-state index in [1.54, 1.807) is 18.6 Å². The molecule has 1 aliphatic heterocycles. The zero-order valence-electron chi connectivity index (χ0n) is 14.7. The first-order chi connectivity index (χ1) is 12.9. The molecule has 0 aliphatic carbocycles. The van der Waals surface area contributed by atoms with Crippen molar-refractivity contribution in [3.8, 4) is 10.6 Å². The van der Waals surface area contributed by atoms with Gasteiger partial charge in [0.05, 0.1) is 12.7 Å². The van der Waals surface area contributed by atoms with E-state index in [4.69, 9.17) is 0 Å². The number of carbonyl (C=O) groups excluding carboxylic acids is 1. The van der Waals surface area contributed by atoms with Gasteiger partial charge in [-0.15, -0.1) is 11.3 Å². The van der Waals surface area contributed by atoms with Crippen LogP contribution in [-0.4, -0.2) is 53.1 Å². The fraction of sp³-hybridized carbons (Fsp3) is 0.500. The number of aromatic nitrogens is 2. The standard InChI is InChI=1S/C18H21F3N4OS/c19-18(20,21)12-25-9-4-13(5-10-25)1-8-23-16(26)15-11-24-17(27-15)14-2-6-22-7-3-14/h2-3,6-7,11,13H,1,4-5,8-10,12H2,(H,23,26). The van der Waals surface area contributed by atoms with Crippen LogP contribution >= 0.6 is 11.3 Å². The summed E-state index contributed by atoms with van der Waals surface area (Å²) < 4.78 is 37.2. The van der Waals surface area contributed by atoms with Crippen LogP contribution in [0.4, 0.5) is 13.2 Å². The Kier molecular flexibility index (Phi) is 6.43. The number of hydrogen-bond donors (Lipinski definition) is 1. The molecule has 0 saturated carbocycles. The van der Waals surface area contributed by atoms with Crippen LogP contribution in [0.25, 0.3) is 10.6 Å². The predicted molar refractivity (Wildman–Crippen MR) is 97.5 cm³/mol. The number of carbonyl (C=O) groups is 1. The third-order valence-corrected chi connectivity index (χ3v) is 5.65. The van der Waals surface area contributed by atoms with Gasteiger partial charge in [0.2, 0.25) is 0 Å². The third kappa shape index (κ3) is 6.00. The Morgan fingerprint density at radius 1 is 1.26 bits per heavy atom. The number of pyridine rings is 1. The van der Waals surface area contributed by atoms with E-state index in [1.165, 1.54) is 16.2 Å². The van der Waals surface area contributed by atoms with Crippen LogP contribution in [0.3, 0.4) is 0 Å². The molecule has 0 aromatic carbocycles. The molecule has 1 saturated heterocycles. The maximum Gasteiger partial charge on any atom is 0.401 e. The largest absolute Gasteiger partial charge is 0.401 e. The second kappa shape index (κ2) is 8.79. The van der Waals surface area contributed by atoms with Gasteiger partial charge >= 0.3 is 6.18 Å². The number of thiazole rings is 1. The molecule has 0 bridgehead atoms. The minimum Gasteiger partial charge on any atom is -0.351 e. The molecule has 27 heavy (non-hydrogen) atoms. The number of rotatable bonds is 6. The summed E-state index contributed by atoms with van der Waals surface area (Å²) in [5.41, 5.74) is 0.916. The first kappa shape index (κ1) is 19.8. The number of nitrogens with one attached hydrogen (secondary N) is 1. The number of amides is 1. The van der Waals surface area contributed by atoms with Crippen molar-refractivity contribution in [3.05, 3.63) is 35.6 Å². The van der Waals surface area contributed by atoms with Crippen molar-refractivity contribution < 1.29 is 18.0 Å². The lowest BCUT2D eigenvalue weighted by Crippen LogP contribution is -2.40. The molecular formula is C18H21F3N4OS. The van der Waals surface area contributed by atoms with Gasteiger partial charge in [-0.1, -0.05) is 0 Å². The molecule has 1 N–H and O–H groups in total. The lowest BCUT2D eigenvalue weighted by atomic mass is 9.93. The second-order valence-electron chi connectivity index (χ2n) is 6.64. The fourth-order valence-corrected chi connectivity index (χ4v) is 4.01. The maximum atomic E-state index is 12.4. The SMILES string of the molecule is O=C(NCCC1CCN(CC(F)(F)F)CC1)c1cnc(-c2ccncc2)s1. The zero-order valence-corrected chi connectivity index (χ0v) is 15.5. The average molecular weight is 398 g/mol. The minimum absolute atomic E-state index is 0.165. The molecule has 2 aromatic rings. The molecule has 0 atom stereocenters. The maximum absolute atomic E-state index is 12.4. The van der Waals surface area contributed by atoms with Crippen LogP contribution in [0, 0.1) is 5.92 Å². The molecule has 3 rings (SSSR count). The molecule has 0 radical (unpaired) electrons. The molecular weight excluding hydrogens is 377 g/mol. The Labute approximate surface area is 159 Å². The highest BCUT2D eigenvalue weighted by Crippen LogP contribution is 2.25. The van der Waals surface area contributed by atoms with Crippen LogP contribution in [0.1, 0.15) is 28.9 Å². The normalized spacial score (nSPS) is 16.4. The van der Waals surface area contributed by atoms with Gasteiger partial charge in [0.1, 0.15) is 9.88 Å². The van der Waals surface area contributed by atoms with Crippen molar-refractivity contribution in [1.29, 1.82) is 0 Å². The summed E-state index contributed by atoms with van der Waals surface area (Å²) in [6.45, 7) is 0.609. The number of halogens is 3. The number of alkyl halides is 3. The Morgan fingerprint density at radius 2 is 1.96 bits per heavy atom. The molecule has 5 nitrogen and oxygen atoms in total. The second-order valence-corrected chi connectivity index (χ2v) is 7.68. The summed E-state index contributed by atoms with van der Waals surface area (Å²) in [7, 11) is 0. The Hall–Kier alpha value is -2.00. The molecule has 3 heterocycles. The van der Waals surface area contributed by atoms with E-state index in [0.717, 1.165) is 29.8 Å². The Balaban J connectivity index is 1.40. The van der Waals surface area contributed by atoms with Gasteiger partial charge in [-0.25, -0.2) is 4.98 Å². The van der Waals surface area contributed by atoms with Gasteiger partial charge in [-0.3, -0.25) is 14.7 Å². The minimum atomic E-state index is -4.13. The van der Waals surface area contributed by atoms with Crippen molar-refractivity contribution >= 4 is 17.2 Å². The van der Waals surface area contributed by atoms with Crippen molar-refractivity contribution in [2.24, 2.45) is 5.92 Å². The molecule has 0 spiro atoms. The summed E-state index contributed by atoms with van der Waals surface area (Å²) in [4.78, 5) is 22.5. The lowest BCUT2D eigenvalue weighted by molar-refractivity contribution is -0.148. The van der Waals surface area contributed by atoms with Crippen LogP contribution in [-0.2, 0) is 0 Å². The summed E-state index contributed by atoms with van der Waals surface area (Å²) in [6, 6.07) is 3.68. The van der Waals surface area contributed by atoms with E-state index in [9.17, 15) is 18.0 Å². The first-order valence-electron chi connectivity index (χ1n) is 8.84. The number of piperidine rings is 1. The van der Waals surface area contributed by atoms with Gasteiger partial charge in [0, 0.05) is 24.5 Å². The van der Waals surface area contributed by atoms with Crippen LogP contribution in [0.5, 0.6) is 0 Å². The summed E-state index contributed by atoms with van der Waals surface area (Å²) in [5, 5.41) is 3.65. The lowest BCUT2D eigenvalue weighted by Gasteiger charge is -2.32. The van der Waals surface area contributed by atoms with E-state index in [2.05, 4.69) is 15.3 Å². The molecule has 1 amide bonds. The number of hydrogen-bond acceptors (Lipinski definition) is 5. The number of likely N-dealkylation sites (tertiary alicyclic amines) is 1. The van der Waals surface area contributed by atoms with Crippen LogP contribution in [0.2, 0.25) is 0 Å². The summed E-state index contributed by atoms with van der Waals surface area (Å²) in [5.74, 6) is 0.186. The molecule has 0 unspecified atom stereocenters. The summed E-state index contributed by atoms with van der Waals surface area (Å²) >= 11 is 1.32. The van der Waals surface area contributed by atoms with Gasteiger partial charge in [-0.2, -0.15) is 13.2 Å². The molecule has 1 aliphatic rings. The third-order valence-electron chi connectivity index (χ3n) is 4.60. The van der Waals surface area contributed by atoms with Crippen LogP contribution < -0.4 is 5.32 Å². The molecule has 1 fully saturated rings. The van der Waals surface area contributed by atoms with Gasteiger partial charge < -0.3 is 5.32 Å². The van der Waals surface area contributed by atoms with Crippen molar-refractivity contribution in [2.75, 3.05) is 26.2 Å². The van der Waals surface area contributed by atoms with Gasteiger partial charge in [0.15, 0.2) is 0 Å². The van der Waals surface area contributed by atoms with Crippen LogP contribution in [0.15, 0.2) is 30.7 Å². The monoisotopic (exact) mass is 398 g/mol. The fourth-order valence-electron chi connectivity index (χ4n) is 3.17. The van der Waals surface area contributed by atoms with Gasteiger partial charge in [-0.05, 0) is 50.4 Å². The van der Waals surface area contributed by atoms with E-state index in [-0.39, 0.29) is 5.91 Å². The summed E-state index contributed by atoms with van der Waals surface area (Å²) in [6.07, 6.45) is 3.03. The molecule has 2 aromatic heterocycles. The van der Waals surface area contributed by atoms with Crippen molar-refractivity contribution in [2.45, 2.75) is 25.4 Å². The van der Waals surface area contributed by atoms with E-state index in [1.807, 2.05) is 12.1 Å². The highest BCUT2D eigenvalue weighted by molar-refractivity contribution is 7.16. The zero-order chi connectivity index (χ0) is 19.3. The topological polar surface area (TPSA) is 58.1 Å². The number of nitrogens with zero attached hydrogens (tertiary/aromatic N) is 3. The smallest absolute Gasteiger partial charge is 0.351 e. The average Bonchev–Trinajstić information content (AvgIpc) is 3.13. The Bertz CT molecular complexity index is 743.